The van der Waals surface area contributed by atoms with Gasteiger partial charge in [0.2, 0.25) is 0 Å². The molecule has 0 amide bonds. The molecule has 1 unspecified atom stereocenters. The Hall–Kier alpha value is -1.22. The fraction of sp³-hybridized carbons (Fsp3) is 0.625. The molecule has 1 fully saturated rings. The molecule has 2 rings (SSSR count). The van der Waals surface area contributed by atoms with Crippen molar-refractivity contribution in [3.63, 3.8) is 0 Å². The van der Waals surface area contributed by atoms with Gasteiger partial charge in [-0.25, -0.2) is 0 Å². The average Bonchev–Trinajstić information content (AvgIpc) is 2.49. The van der Waals surface area contributed by atoms with Gasteiger partial charge in [-0.3, -0.25) is 0 Å². The molecule has 1 atom stereocenters. The number of hydrogen-bond donors (Lipinski definition) is 1. The first kappa shape index (κ1) is 14.2. The smallest absolute Gasteiger partial charge is 0.119 e. The van der Waals surface area contributed by atoms with E-state index in [2.05, 4.69) is 55.3 Å². The number of rotatable bonds is 3. The summed E-state index contributed by atoms with van der Waals surface area (Å²) in [7, 11) is 0. The SMILES string of the molecule is CCOc1ccc(N2CC(C)CNCC2(C)C)cc1. The number of ether oxygens (including phenoxy) is 1. The zero-order valence-electron chi connectivity index (χ0n) is 12.6. The Morgan fingerprint density at radius 1 is 1.32 bits per heavy atom. The van der Waals surface area contributed by atoms with Crippen molar-refractivity contribution in [2.24, 2.45) is 5.92 Å². The Morgan fingerprint density at radius 3 is 2.63 bits per heavy atom. The minimum Gasteiger partial charge on any atom is -0.494 e. The maximum atomic E-state index is 5.52. The highest BCUT2D eigenvalue weighted by molar-refractivity contribution is 5.51. The summed E-state index contributed by atoms with van der Waals surface area (Å²) in [5.74, 6) is 1.61. The molecule has 0 aliphatic carbocycles. The molecule has 106 valence electrons. The third kappa shape index (κ3) is 3.41. The molecule has 3 heteroatoms. The van der Waals surface area contributed by atoms with E-state index in [9.17, 15) is 0 Å². The van der Waals surface area contributed by atoms with Gasteiger partial charge in [0.1, 0.15) is 5.75 Å². The summed E-state index contributed by atoms with van der Waals surface area (Å²) >= 11 is 0. The van der Waals surface area contributed by atoms with Crippen LogP contribution in [0.2, 0.25) is 0 Å². The summed E-state index contributed by atoms with van der Waals surface area (Å²) in [6.07, 6.45) is 0. The molecule has 1 aliphatic rings. The standard InChI is InChI=1S/C16H26N2O/c1-5-19-15-8-6-14(7-9-15)18-11-13(2)10-17-12-16(18,3)4/h6-9,13,17H,5,10-12H2,1-4H3. The number of nitrogens with one attached hydrogen (secondary N) is 1. The molecule has 0 bridgehead atoms. The Labute approximate surface area is 116 Å². The Kier molecular flexibility index (Phi) is 4.35. The zero-order valence-corrected chi connectivity index (χ0v) is 12.6. The maximum Gasteiger partial charge on any atom is 0.119 e. The van der Waals surface area contributed by atoms with Crippen LogP contribution in [0.5, 0.6) is 5.75 Å². The molecule has 19 heavy (non-hydrogen) atoms. The van der Waals surface area contributed by atoms with E-state index in [1.54, 1.807) is 0 Å². The highest BCUT2D eigenvalue weighted by Gasteiger charge is 2.30. The lowest BCUT2D eigenvalue weighted by Crippen LogP contribution is -2.49. The predicted octanol–water partition coefficient (Wildman–Crippen LogP) is 2.91. The monoisotopic (exact) mass is 262 g/mol. The van der Waals surface area contributed by atoms with Gasteiger partial charge in [-0.1, -0.05) is 6.92 Å². The summed E-state index contributed by atoms with van der Waals surface area (Å²) in [4.78, 5) is 2.51. The largest absolute Gasteiger partial charge is 0.494 e. The first-order chi connectivity index (χ1) is 9.03. The summed E-state index contributed by atoms with van der Waals surface area (Å²) in [5, 5.41) is 3.55. The second kappa shape index (κ2) is 5.83. The van der Waals surface area contributed by atoms with Crippen LogP contribution in [0.4, 0.5) is 5.69 Å². The first-order valence-electron chi connectivity index (χ1n) is 7.24. The minimum absolute atomic E-state index is 0.137. The minimum atomic E-state index is 0.137. The third-order valence-electron chi connectivity index (χ3n) is 3.73. The van der Waals surface area contributed by atoms with E-state index in [-0.39, 0.29) is 5.54 Å². The van der Waals surface area contributed by atoms with E-state index < -0.39 is 0 Å². The highest BCUT2D eigenvalue weighted by Crippen LogP contribution is 2.28. The van der Waals surface area contributed by atoms with E-state index in [1.165, 1.54) is 5.69 Å². The van der Waals surface area contributed by atoms with Gasteiger partial charge in [0.25, 0.3) is 0 Å². The molecule has 1 N–H and O–H groups in total. The van der Waals surface area contributed by atoms with Gasteiger partial charge in [-0.05, 0) is 57.5 Å². The van der Waals surface area contributed by atoms with Crippen LogP contribution in [0.3, 0.4) is 0 Å². The van der Waals surface area contributed by atoms with Crippen molar-refractivity contribution >= 4 is 5.69 Å². The molecule has 0 spiro atoms. The molecule has 1 aliphatic heterocycles. The maximum absolute atomic E-state index is 5.52. The second-order valence-electron chi connectivity index (χ2n) is 6.09. The lowest BCUT2D eigenvalue weighted by Gasteiger charge is -2.39. The summed E-state index contributed by atoms with van der Waals surface area (Å²) in [6.45, 7) is 12.8. The van der Waals surface area contributed by atoms with Crippen LogP contribution < -0.4 is 15.0 Å². The first-order valence-corrected chi connectivity index (χ1v) is 7.24. The van der Waals surface area contributed by atoms with Crippen LogP contribution in [0.15, 0.2) is 24.3 Å². The Balaban J connectivity index is 2.21. The van der Waals surface area contributed by atoms with Crippen LogP contribution in [0.1, 0.15) is 27.7 Å². The molecule has 0 aromatic heterocycles. The summed E-state index contributed by atoms with van der Waals surface area (Å²) < 4.78 is 5.52. The molecule has 0 saturated carbocycles. The van der Waals surface area contributed by atoms with E-state index in [0.29, 0.717) is 5.92 Å². The van der Waals surface area contributed by atoms with Crippen molar-refractivity contribution in [2.75, 3.05) is 31.1 Å². The normalized spacial score (nSPS) is 22.9. The molecule has 1 saturated heterocycles. The van der Waals surface area contributed by atoms with Crippen LogP contribution in [-0.2, 0) is 0 Å². The molecule has 1 aromatic carbocycles. The predicted molar refractivity (Wildman–Crippen MR) is 81.1 cm³/mol. The second-order valence-corrected chi connectivity index (χ2v) is 6.09. The van der Waals surface area contributed by atoms with E-state index in [0.717, 1.165) is 32.0 Å². The lowest BCUT2D eigenvalue weighted by molar-refractivity contribution is 0.340. The van der Waals surface area contributed by atoms with Gasteiger partial charge >= 0.3 is 0 Å². The number of anilines is 1. The Bertz CT molecular complexity index is 400. The van der Waals surface area contributed by atoms with E-state index >= 15 is 0 Å². The fourth-order valence-electron chi connectivity index (χ4n) is 2.69. The van der Waals surface area contributed by atoms with Gasteiger partial charge in [-0.2, -0.15) is 0 Å². The molecule has 0 radical (unpaired) electrons. The van der Waals surface area contributed by atoms with Crippen molar-refractivity contribution in [3.05, 3.63) is 24.3 Å². The van der Waals surface area contributed by atoms with Gasteiger partial charge in [0.15, 0.2) is 0 Å². The molecular weight excluding hydrogens is 236 g/mol. The zero-order chi connectivity index (χ0) is 13.9. The number of hydrogen-bond acceptors (Lipinski definition) is 3. The van der Waals surface area contributed by atoms with Crippen LogP contribution in [-0.4, -0.2) is 31.8 Å². The van der Waals surface area contributed by atoms with Crippen molar-refractivity contribution in [3.8, 4) is 5.75 Å². The molecule has 1 heterocycles. The van der Waals surface area contributed by atoms with Crippen molar-refractivity contribution < 1.29 is 4.74 Å². The highest BCUT2D eigenvalue weighted by atomic mass is 16.5. The van der Waals surface area contributed by atoms with E-state index in [4.69, 9.17) is 4.74 Å². The van der Waals surface area contributed by atoms with Crippen molar-refractivity contribution in [1.82, 2.24) is 5.32 Å². The van der Waals surface area contributed by atoms with Crippen molar-refractivity contribution in [2.45, 2.75) is 33.2 Å². The number of benzene rings is 1. The van der Waals surface area contributed by atoms with Gasteiger partial charge in [0, 0.05) is 24.3 Å². The fourth-order valence-corrected chi connectivity index (χ4v) is 2.69. The van der Waals surface area contributed by atoms with Crippen LogP contribution in [0.25, 0.3) is 0 Å². The lowest BCUT2D eigenvalue weighted by atomic mass is 10.0. The number of nitrogens with zero attached hydrogens (tertiary/aromatic N) is 1. The van der Waals surface area contributed by atoms with Gasteiger partial charge < -0.3 is 15.0 Å². The summed E-state index contributed by atoms with van der Waals surface area (Å²) in [5.41, 5.74) is 1.42. The van der Waals surface area contributed by atoms with Crippen LogP contribution >= 0.6 is 0 Å². The average molecular weight is 262 g/mol. The van der Waals surface area contributed by atoms with Crippen LogP contribution in [0, 0.1) is 5.92 Å². The molecular formula is C16H26N2O. The third-order valence-corrected chi connectivity index (χ3v) is 3.73. The molecule has 3 nitrogen and oxygen atoms in total. The van der Waals surface area contributed by atoms with E-state index in [1.807, 2.05) is 6.92 Å². The van der Waals surface area contributed by atoms with Gasteiger partial charge in [0.05, 0.1) is 6.61 Å². The topological polar surface area (TPSA) is 24.5 Å². The summed E-state index contributed by atoms with van der Waals surface area (Å²) in [6, 6.07) is 8.48. The van der Waals surface area contributed by atoms with Crippen molar-refractivity contribution in [1.29, 1.82) is 0 Å². The van der Waals surface area contributed by atoms with Gasteiger partial charge in [-0.15, -0.1) is 0 Å². The molecule has 1 aromatic rings. The Morgan fingerprint density at radius 2 is 2.00 bits per heavy atom. The quantitative estimate of drug-likeness (QED) is 0.906.